The second-order valence-corrected chi connectivity index (χ2v) is 8.14. The van der Waals surface area contributed by atoms with Crippen molar-refractivity contribution in [1.29, 1.82) is 0 Å². The Hall–Kier alpha value is -3.38. The number of likely N-dealkylation sites (N-methyl/N-ethyl adjacent to an activating group) is 1. The summed E-state index contributed by atoms with van der Waals surface area (Å²) in [4.78, 5) is 30.4. The lowest BCUT2D eigenvalue weighted by atomic mass is 9.91. The summed E-state index contributed by atoms with van der Waals surface area (Å²) in [6.45, 7) is 0.470. The van der Waals surface area contributed by atoms with E-state index in [0.717, 1.165) is 22.0 Å². The molecule has 152 valence electrons. The van der Waals surface area contributed by atoms with Gasteiger partial charge in [0, 0.05) is 36.6 Å². The summed E-state index contributed by atoms with van der Waals surface area (Å²) in [5.41, 5.74) is 3.34. The summed E-state index contributed by atoms with van der Waals surface area (Å²) < 4.78 is 0. The van der Waals surface area contributed by atoms with Crippen molar-refractivity contribution in [3.05, 3.63) is 94.3 Å². The van der Waals surface area contributed by atoms with E-state index in [1.807, 2.05) is 54.0 Å². The van der Waals surface area contributed by atoms with Crippen LogP contribution in [-0.4, -0.2) is 41.8 Å². The first-order valence-corrected chi connectivity index (χ1v) is 10.7. The van der Waals surface area contributed by atoms with E-state index in [4.69, 9.17) is 0 Å². The third-order valence-electron chi connectivity index (χ3n) is 5.16. The molecule has 1 unspecified atom stereocenters. The van der Waals surface area contributed by atoms with Gasteiger partial charge in [-0.05, 0) is 28.6 Å². The zero-order valence-electron chi connectivity index (χ0n) is 16.7. The molecule has 0 bridgehead atoms. The highest BCUT2D eigenvalue weighted by atomic mass is 32.1. The normalized spacial score (nSPS) is 11.9. The Bertz CT molecular complexity index is 1140. The van der Waals surface area contributed by atoms with Crippen molar-refractivity contribution in [2.24, 2.45) is 0 Å². The number of benzene rings is 2. The quantitative estimate of drug-likeness (QED) is 0.472. The molecule has 2 aromatic heterocycles. The Kier molecular flexibility index (Phi) is 5.95. The topological polar surface area (TPSA) is 65.2 Å². The third-order valence-corrected chi connectivity index (χ3v) is 6.02. The number of amides is 2. The number of carbonyl (C=O) groups excluding carboxylic acids is 2. The number of aromatic amines is 1. The van der Waals surface area contributed by atoms with Gasteiger partial charge in [-0.25, -0.2) is 0 Å². The molecule has 2 aromatic carbocycles. The Morgan fingerprint density at radius 2 is 1.80 bits per heavy atom. The van der Waals surface area contributed by atoms with Crippen molar-refractivity contribution in [1.82, 2.24) is 15.2 Å². The van der Waals surface area contributed by atoms with Gasteiger partial charge in [0.2, 0.25) is 5.91 Å². The van der Waals surface area contributed by atoms with Gasteiger partial charge in [0.1, 0.15) is 0 Å². The summed E-state index contributed by atoms with van der Waals surface area (Å²) in [7, 11) is 1.65. The zero-order valence-corrected chi connectivity index (χ0v) is 17.5. The van der Waals surface area contributed by atoms with Crippen LogP contribution in [0.1, 0.15) is 26.7 Å². The van der Waals surface area contributed by atoms with Crippen molar-refractivity contribution < 1.29 is 9.59 Å². The van der Waals surface area contributed by atoms with Gasteiger partial charge in [-0.3, -0.25) is 9.59 Å². The average Bonchev–Trinajstić information content (AvgIpc) is 3.45. The Morgan fingerprint density at radius 1 is 1.03 bits per heavy atom. The fraction of sp³-hybridized carbons (Fsp3) is 0.167. The first-order chi connectivity index (χ1) is 14.6. The van der Waals surface area contributed by atoms with Gasteiger partial charge in [-0.2, -0.15) is 0 Å². The molecule has 6 heteroatoms. The lowest BCUT2D eigenvalue weighted by Crippen LogP contribution is -2.39. The number of nitrogens with one attached hydrogen (secondary N) is 2. The van der Waals surface area contributed by atoms with E-state index in [1.165, 1.54) is 16.2 Å². The maximum atomic E-state index is 12.6. The summed E-state index contributed by atoms with van der Waals surface area (Å²) in [6, 6.07) is 21.9. The molecule has 4 aromatic rings. The summed E-state index contributed by atoms with van der Waals surface area (Å²) in [5.74, 6) is -0.316. The monoisotopic (exact) mass is 417 g/mol. The molecule has 2 heterocycles. The van der Waals surface area contributed by atoms with Crippen molar-refractivity contribution >= 4 is 34.1 Å². The van der Waals surface area contributed by atoms with Crippen molar-refractivity contribution in [3.63, 3.8) is 0 Å². The molecular formula is C24H23N3O2S. The number of para-hydroxylation sites is 1. The van der Waals surface area contributed by atoms with E-state index in [-0.39, 0.29) is 24.3 Å². The second-order valence-electron chi connectivity index (χ2n) is 7.20. The smallest absolute Gasteiger partial charge is 0.264 e. The summed E-state index contributed by atoms with van der Waals surface area (Å²) in [6.07, 6.45) is 2.01. The van der Waals surface area contributed by atoms with Crippen molar-refractivity contribution in [2.75, 3.05) is 20.1 Å². The van der Waals surface area contributed by atoms with Crippen LogP contribution in [0.25, 0.3) is 10.9 Å². The fourth-order valence-electron chi connectivity index (χ4n) is 3.62. The van der Waals surface area contributed by atoms with Crippen molar-refractivity contribution in [2.45, 2.75) is 5.92 Å². The Morgan fingerprint density at radius 3 is 2.57 bits per heavy atom. The number of rotatable bonds is 7. The van der Waals surface area contributed by atoms with Gasteiger partial charge in [-0.1, -0.05) is 54.6 Å². The molecule has 30 heavy (non-hydrogen) atoms. The number of H-pyrrole nitrogens is 1. The van der Waals surface area contributed by atoms with Crippen LogP contribution in [0.15, 0.2) is 78.3 Å². The molecule has 5 nitrogen and oxygen atoms in total. The van der Waals surface area contributed by atoms with Crippen molar-refractivity contribution in [3.8, 4) is 0 Å². The van der Waals surface area contributed by atoms with Crippen LogP contribution in [0.2, 0.25) is 0 Å². The second kappa shape index (κ2) is 8.97. The highest BCUT2D eigenvalue weighted by molar-refractivity contribution is 7.12. The van der Waals surface area contributed by atoms with Crippen LogP contribution in [-0.2, 0) is 4.79 Å². The minimum Gasteiger partial charge on any atom is -0.361 e. The summed E-state index contributed by atoms with van der Waals surface area (Å²) in [5, 5.41) is 6.02. The van der Waals surface area contributed by atoms with E-state index in [1.54, 1.807) is 13.1 Å². The molecule has 0 fully saturated rings. The van der Waals surface area contributed by atoms with Crippen LogP contribution in [0.5, 0.6) is 0 Å². The molecule has 0 radical (unpaired) electrons. The van der Waals surface area contributed by atoms with E-state index >= 15 is 0 Å². The first kappa shape index (κ1) is 19.9. The molecule has 0 aliphatic carbocycles. The zero-order chi connectivity index (χ0) is 20.9. The number of fused-ring (bicyclic) bond motifs is 1. The van der Waals surface area contributed by atoms with Crippen LogP contribution in [0, 0.1) is 0 Å². The molecule has 0 spiro atoms. The molecule has 0 saturated heterocycles. The molecule has 2 N–H and O–H groups in total. The highest BCUT2D eigenvalue weighted by Crippen LogP contribution is 2.30. The van der Waals surface area contributed by atoms with Gasteiger partial charge < -0.3 is 15.2 Å². The molecular weight excluding hydrogens is 394 g/mol. The van der Waals surface area contributed by atoms with Gasteiger partial charge in [0.25, 0.3) is 5.91 Å². The van der Waals surface area contributed by atoms with Crippen LogP contribution < -0.4 is 5.32 Å². The minimum absolute atomic E-state index is 0.00426. The van der Waals surface area contributed by atoms with Gasteiger partial charge in [-0.15, -0.1) is 11.3 Å². The minimum atomic E-state index is -0.178. The number of nitrogens with zero attached hydrogens (tertiary/aromatic N) is 1. The molecule has 1 atom stereocenters. The number of hydrogen-bond acceptors (Lipinski definition) is 3. The number of thiophene rings is 1. The predicted molar refractivity (Wildman–Crippen MR) is 121 cm³/mol. The van der Waals surface area contributed by atoms with E-state index in [9.17, 15) is 9.59 Å². The maximum absolute atomic E-state index is 12.6. The SMILES string of the molecule is CN(CC(=O)NCC(c1ccccc1)c1c[nH]c2ccccc12)C(=O)c1cccs1. The van der Waals surface area contributed by atoms with E-state index in [0.29, 0.717) is 11.4 Å². The molecule has 0 aliphatic heterocycles. The van der Waals surface area contributed by atoms with E-state index < -0.39 is 0 Å². The number of carbonyl (C=O) groups is 2. The molecule has 0 saturated carbocycles. The summed E-state index contributed by atoms with van der Waals surface area (Å²) >= 11 is 1.37. The Labute approximate surface area is 179 Å². The number of aromatic nitrogens is 1. The lowest BCUT2D eigenvalue weighted by molar-refractivity contribution is -0.121. The molecule has 0 aliphatic rings. The van der Waals surface area contributed by atoms with Crippen LogP contribution in [0.3, 0.4) is 0 Å². The van der Waals surface area contributed by atoms with E-state index in [2.05, 4.69) is 28.5 Å². The standard InChI is InChI=1S/C24H23N3O2S/c1-27(24(29)22-12-7-13-30-22)16-23(28)26-14-19(17-8-3-2-4-9-17)20-15-25-21-11-6-5-10-18(20)21/h2-13,15,19,25H,14,16H2,1H3,(H,26,28). The molecule has 2 amide bonds. The van der Waals surface area contributed by atoms with Crippen LogP contribution >= 0.6 is 11.3 Å². The maximum Gasteiger partial charge on any atom is 0.264 e. The molecule has 4 rings (SSSR count). The average molecular weight is 418 g/mol. The predicted octanol–water partition coefficient (Wildman–Crippen LogP) is 4.25. The first-order valence-electron chi connectivity index (χ1n) is 9.80. The largest absolute Gasteiger partial charge is 0.361 e. The van der Waals surface area contributed by atoms with Gasteiger partial charge in [0.15, 0.2) is 0 Å². The fourth-order valence-corrected chi connectivity index (χ4v) is 4.34. The highest BCUT2D eigenvalue weighted by Gasteiger charge is 2.20. The third kappa shape index (κ3) is 4.28. The van der Waals surface area contributed by atoms with Gasteiger partial charge in [0.05, 0.1) is 11.4 Å². The lowest BCUT2D eigenvalue weighted by Gasteiger charge is -2.20. The number of hydrogen-bond donors (Lipinski definition) is 2. The van der Waals surface area contributed by atoms with Crippen LogP contribution in [0.4, 0.5) is 0 Å². The Balaban J connectivity index is 1.49. The van der Waals surface area contributed by atoms with Gasteiger partial charge >= 0.3 is 0 Å².